The Kier molecular flexibility index (Phi) is 6.50. The van der Waals surface area contributed by atoms with Crippen molar-refractivity contribution >= 4 is 45.6 Å². The highest BCUT2D eigenvalue weighted by molar-refractivity contribution is 6.07. The molecule has 0 bridgehead atoms. The summed E-state index contributed by atoms with van der Waals surface area (Å²) in [5.74, 6) is 1.29. The number of rotatable bonds is 7. The molecule has 10 heteroatoms. The van der Waals surface area contributed by atoms with E-state index in [9.17, 15) is 9.59 Å². The van der Waals surface area contributed by atoms with Crippen LogP contribution >= 0.6 is 0 Å². The molecule has 0 amide bonds. The zero-order chi connectivity index (χ0) is 25.1. The van der Waals surface area contributed by atoms with Gasteiger partial charge in [-0.3, -0.25) is 4.79 Å². The summed E-state index contributed by atoms with van der Waals surface area (Å²) in [5, 5.41) is 7.05. The van der Waals surface area contributed by atoms with Crippen LogP contribution in [0.4, 0.5) is 28.8 Å². The number of fused-ring (bicyclic) bond motifs is 1. The summed E-state index contributed by atoms with van der Waals surface area (Å²) < 4.78 is 16.4. The van der Waals surface area contributed by atoms with Crippen LogP contribution in [0, 0.1) is 0 Å². The maximum absolute atomic E-state index is 12.8. The van der Waals surface area contributed by atoms with E-state index < -0.39 is 5.63 Å². The zero-order valence-electron chi connectivity index (χ0n) is 19.9. The molecule has 5 rings (SSSR count). The first-order valence-corrected chi connectivity index (χ1v) is 11.5. The van der Waals surface area contributed by atoms with Crippen molar-refractivity contribution in [2.24, 2.45) is 0 Å². The number of Topliss-reactive ketones (excluding diaryl/α,β-unsaturated/α-hetero) is 1. The Morgan fingerprint density at radius 3 is 2.67 bits per heavy atom. The number of nitrogens with one attached hydrogen (secondary N) is 2. The van der Waals surface area contributed by atoms with Crippen molar-refractivity contribution < 1.29 is 18.7 Å². The van der Waals surface area contributed by atoms with Gasteiger partial charge in [-0.25, -0.2) is 9.78 Å². The van der Waals surface area contributed by atoms with E-state index in [4.69, 9.17) is 13.9 Å². The molecule has 1 aliphatic heterocycles. The molecule has 10 nitrogen and oxygen atoms in total. The predicted octanol–water partition coefficient (Wildman–Crippen LogP) is 4.12. The van der Waals surface area contributed by atoms with Crippen LogP contribution in [0.2, 0.25) is 0 Å². The van der Waals surface area contributed by atoms with Crippen LogP contribution in [0.3, 0.4) is 0 Å². The molecule has 2 aromatic heterocycles. The number of hydrogen-bond donors (Lipinski definition) is 2. The number of aromatic nitrogens is 2. The Hall–Kier alpha value is -4.44. The van der Waals surface area contributed by atoms with Gasteiger partial charge in [0, 0.05) is 36.4 Å². The Morgan fingerprint density at radius 2 is 1.89 bits per heavy atom. The number of nitrogens with zero attached hydrogens (tertiary/aromatic N) is 3. The second-order valence-electron chi connectivity index (χ2n) is 8.20. The fraction of sp³-hybridized carbons (Fsp3) is 0.231. The van der Waals surface area contributed by atoms with Gasteiger partial charge in [-0.2, -0.15) is 4.98 Å². The van der Waals surface area contributed by atoms with Crippen molar-refractivity contribution in [3.8, 4) is 5.75 Å². The fourth-order valence-electron chi connectivity index (χ4n) is 4.19. The summed E-state index contributed by atoms with van der Waals surface area (Å²) >= 11 is 0. The molecule has 36 heavy (non-hydrogen) atoms. The van der Waals surface area contributed by atoms with Crippen molar-refractivity contribution in [3.63, 3.8) is 0 Å². The van der Waals surface area contributed by atoms with Crippen LogP contribution in [0.5, 0.6) is 5.75 Å². The van der Waals surface area contributed by atoms with E-state index >= 15 is 0 Å². The van der Waals surface area contributed by atoms with Crippen LogP contribution in [0.1, 0.15) is 17.3 Å². The van der Waals surface area contributed by atoms with Gasteiger partial charge in [-0.15, -0.1) is 0 Å². The summed E-state index contributed by atoms with van der Waals surface area (Å²) in [6.07, 6.45) is 1.63. The number of ether oxygens (including phenoxy) is 2. The molecule has 1 saturated heterocycles. The summed E-state index contributed by atoms with van der Waals surface area (Å²) in [6, 6.07) is 14.6. The lowest BCUT2D eigenvalue weighted by Gasteiger charge is -2.30. The predicted molar refractivity (Wildman–Crippen MR) is 137 cm³/mol. The second kappa shape index (κ2) is 10.0. The number of morpholine rings is 1. The number of hydrogen-bond acceptors (Lipinski definition) is 10. The largest absolute Gasteiger partial charge is 0.495 e. The number of carbonyl (C=O) groups is 1. The highest BCUT2D eigenvalue weighted by Crippen LogP contribution is 2.32. The molecule has 0 unspecified atom stereocenters. The van der Waals surface area contributed by atoms with E-state index in [1.807, 2.05) is 41.3 Å². The van der Waals surface area contributed by atoms with Crippen LogP contribution in [0.15, 0.2) is 63.9 Å². The first kappa shape index (κ1) is 23.3. The van der Waals surface area contributed by atoms with Crippen LogP contribution in [-0.4, -0.2) is 49.2 Å². The summed E-state index contributed by atoms with van der Waals surface area (Å²) in [4.78, 5) is 35.9. The molecule has 1 fully saturated rings. The molecule has 0 aliphatic carbocycles. The van der Waals surface area contributed by atoms with Crippen LogP contribution in [0.25, 0.3) is 11.0 Å². The Morgan fingerprint density at radius 1 is 1.08 bits per heavy atom. The van der Waals surface area contributed by atoms with Crippen molar-refractivity contribution in [1.29, 1.82) is 0 Å². The highest BCUT2D eigenvalue weighted by Gasteiger charge is 2.24. The van der Waals surface area contributed by atoms with E-state index in [0.717, 1.165) is 5.69 Å². The highest BCUT2D eigenvalue weighted by atomic mass is 16.5. The fourth-order valence-corrected chi connectivity index (χ4v) is 4.19. The molecule has 1 aliphatic rings. The van der Waals surface area contributed by atoms with Crippen molar-refractivity contribution in [2.45, 2.75) is 6.92 Å². The molecule has 3 heterocycles. The molecular weight excluding hydrogens is 462 g/mol. The van der Waals surface area contributed by atoms with Gasteiger partial charge in [-0.05, 0) is 37.3 Å². The summed E-state index contributed by atoms with van der Waals surface area (Å²) in [7, 11) is 1.61. The first-order chi connectivity index (χ1) is 17.5. The molecule has 0 radical (unpaired) electrons. The average Bonchev–Trinajstić information content (AvgIpc) is 2.88. The van der Waals surface area contributed by atoms with Gasteiger partial charge in [0.15, 0.2) is 5.78 Å². The minimum absolute atomic E-state index is 0.0589. The Balaban J connectivity index is 1.46. The third-order valence-corrected chi connectivity index (χ3v) is 5.84. The van der Waals surface area contributed by atoms with Gasteiger partial charge in [0.2, 0.25) is 5.95 Å². The van der Waals surface area contributed by atoms with E-state index in [1.165, 1.54) is 6.92 Å². The second-order valence-corrected chi connectivity index (χ2v) is 8.20. The molecule has 4 aromatic rings. The van der Waals surface area contributed by atoms with E-state index in [0.29, 0.717) is 66.2 Å². The molecule has 0 atom stereocenters. The molecule has 0 spiro atoms. The van der Waals surface area contributed by atoms with Crippen molar-refractivity contribution in [3.05, 3.63) is 70.7 Å². The summed E-state index contributed by atoms with van der Waals surface area (Å²) in [6.45, 7) is 3.59. The standard InChI is InChI=1S/C26H25N5O5/c1-16(32)23-24(31-11-13-35-14-12-31)18-8-7-17(15-21(18)36-25(23)33)28-26-27-10-9-22(30-26)29-19-5-3-4-6-20(19)34-2/h3-10,15H,11-14H2,1-2H3,(H2,27,28,29,30). The lowest BCUT2D eigenvalue weighted by atomic mass is 10.1. The van der Waals surface area contributed by atoms with Gasteiger partial charge >= 0.3 is 5.63 Å². The summed E-state index contributed by atoms with van der Waals surface area (Å²) in [5.41, 5.74) is 1.75. The van der Waals surface area contributed by atoms with Gasteiger partial charge in [-0.1, -0.05) is 12.1 Å². The monoisotopic (exact) mass is 487 g/mol. The number of methoxy groups -OCH3 is 1. The minimum atomic E-state index is -0.659. The lowest BCUT2D eigenvalue weighted by molar-refractivity contribution is 0.101. The van der Waals surface area contributed by atoms with Gasteiger partial charge in [0.25, 0.3) is 0 Å². The quantitative estimate of drug-likeness (QED) is 0.291. The number of anilines is 5. The van der Waals surface area contributed by atoms with Crippen molar-refractivity contribution in [2.75, 3.05) is 48.9 Å². The maximum Gasteiger partial charge on any atom is 0.349 e. The number of benzene rings is 2. The molecule has 0 saturated carbocycles. The van der Waals surface area contributed by atoms with E-state index in [2.05, 4.69) is 20.6 Å². The SMILES string of the molecule is COc1ccccc1Nc1ccnc(Nc2ccc3c(N4CCOCC4)c(C(C)=O)c(=O)oc3c2)n1. The van der Waals surface area contributed by atoms with Gasteiger partial charge < -0.3 is 29.4 Å². The number of carbonyl (C=O) groups excluding carboxylic acids is 1. The first-order valence-electron chi connectivity index (χ1n) is 11.5. The minimum Gasteiger partial charge on any atom is -0.495 e. The van der Waals surface area contributed by atoms with E-state index in [-0.39, 0.29) is 11.3 Å². The molecule has 2 N–H and O–H groups in total. The number of ketones is 1. The molecule has 184 valence electrons. The molecular formula is C26H25N5O5. The van der Waals surface area contributed by atoms with Gasteiger partial charge in [0.1, 0.15) is 22.7 Å². The number of para-hydroxylation sites is 2. The van der Waals surface area contributed by atoms with Crippen LogP contribution in [-0.2, 0) is 4.74 Å². The normalized spacial score (nSPS) is 13.4. The third kappa shape index (κ3) is 4.71. The van der Waals surface area contributed by atoms with Gasteiger partial charge in [0.05, 0.1) is 31.7 Å². The Labute approximate surface area is 206 Å². The van der Waals surface area contributed by atoms with E-state index in [1.54, 1.807) is 25.4 Å². The lowest BCUT2D eigenvalue weighted by Crippen LogP contribution is -2.38. The van der Waals surface area contributed by atoms with Crippen molar-refractivity contribution in [1.82, 2.24) is 9.97 Å². The zero-order valence-corrected chi connectivity index (χ0v) is 19.9. The maximum atomic E-state index is 12.8. The topological polar surface area (TPSA) is 119 Å². The molecule has 2 aromatic carbocycles. The smallest absolute Gasteiger partial charge is 0.349 e. The van der Waals surface area contributed by atoms with Crippen LogP contribution < -0.4 is 25.9 Å². The average molecular weight is 488 g/mol. The third-order valence-electron chi connectivity index (χ3n) is 5.84. The Bertz CT molecular complexity index is 1480.